The summed E-state index contributed by atoms with van der Waals surface area (Å²) in [5.74, 6) is 0.750. The fraction of sp³-hybridized carbons (Fsp3) is 0.333. The van der Waals surface area contributed by atoms with Crippen molar-refractivity contribution in [1.29, 1.82) is 5.26 Å². The summed E-state index contributed by atoms with van der Waals surface area (Å²) in [6.07, 6.45) is 5.32. The number of rotatable bonds is 9. The topological polar surface area (TPSA) is 76.4 Å². The lowest BCUT2D eigenvalue weighted by Gasteiger charge is -2.09. The molecule has 0 aliphatic carbocycles. The zero-order chi connectivity index (χ0) is 16.4. The summed E-state index contributed by atoms with van der Waals surface area (Å²) in [4.78, 5) is 4.29. The predicted molar refractivity (Wildman–Crippen MR) is 87.7 cm³/mol. The molecule has 1 N–H and O–H groups in total. The van der Waals surface area contributed by atoms with Gasteiger partial charge in [0.25, 0.3) is 0 Å². The Kier molecular flexibility index (Phi) is 7.75. The monoisotopic (exact) mass is 321 g/mol. The highest BCUT2D eigenvalue weighted by atomic mass is 32.1. The fourth-order valence-electron chi connectivity index (χ4n) is 1.40. The third-order valence-corrected chi connectivity index (χ3v) is 3.40. The van der Waals surface area contributed by atoms with Gasteiger partial charge in [0.05, 0.1) is 19.3 Å². The van der Waals surface area contributed by atoms with Crippen LogP contribution in [0.15, 0.2) is 30.7 Å². The van der Waals surface area contributed by atoms with Gasteiger partial charge in [0.1, 0.15) is 17.7 Å². The first-order chi connectivity index (χ1) is 10.7. The lowest BCUT2D eigenvalue weighted by Crippen LogP contribution is -2.07. The van der Waals surface area contributed by atoms with Crippen LogP contribution in [0.25, 0.3) is 5.57 Å². The van der Waals surface area contributed by atoms with Gasteiger partial charge in [0.15, 0.2) is 10.9 Å². The summed E-state index contributed by atoms with van der Waals surface area (Å²) < 4.78 is 15.5. The normalized spacial score (nSPS) is 11.3. The van der Waals surface area contributed by atoms with Crippen molar-refractivity contribution in [2.24, 2.45) is 0 Å². The smallest absolute Gasteiger partial charge is 0.249 e. The SMILES string of the molecule is C=C(Nc1sc(/C(C#N)=C/C=C\C)nc1OC)OCCOC. The molecule has 1 aromatic heterocycles. The van der Waals surface area contributed by atoms with E-state index in [1.54, 1.807) is 19.3 Å². The number of allylic oxidation sites excluding steroid dienone is 4. The summed E-state index contributed by atoms with van der Waals surface area (Å²) in [5.41, 5.74) is 0.459. The molecule has 1 aromatic rings. The first-order valence-electron chi connectivity index (χ1n) is 6.52. The van der Waals surface area contributed by atoms with Gasteiger partial charge in [-0.3, -0.25) is 0 Å². The number of anilines is 1. The van der Waals surface area contributed by atoms with Crippen LogP contribution in [0.1, 0.15) is 11.9 Å². The van der Waals surface area contributed by atoms with Crippen LogP contribution in [-0.2, 0) is 9.47 Å². The minimum atomic E-state index is 0.362. The summed E-state index contributed by atoms with van der Waals surface area (Å²) in [6.45, 7) is 6.50. The molecule has 0 aliphatic heterocycles. The van der Waals surface area contributed by atoms with Gasteiger partial charge in [-0.1, -0.05) is 23.5 Å². The number of methoxy groups -OCH3 is 2. The Morgan fingerprint density at radius 2 is 2.23 bits per heavy atom. The van der Waals surface area contributed by atoms with Crippen molar-refractivity contribution in [2.75, 3.05) is 32.8 Å². The molecule has 0 aliphatic rings. The van der Waals surface area contributed by atoms with E-state index in [0.717, 1.165) is 0 Å². The van der Waals surface area contributed by atoms with E-state index in [2.05, 4.69) is 22.9 Å². The number of nitriles is 1. The first-order valence-corrected chi connectivity index (χ1v) is 7.33. The Hall–Kier alpha value is -2.30. The molecule has 0 fully saturated rings. The molecule has 1 rings (SSSR count). The van der Waals surface area contributed by atoms with Crippen molar-refractivity contribution >= 4 is 21.9 Å². The molecule has 0 aromatic carbocycles. The van der Waals surface area contributed by atoms with Gasteiger partial charge in [-0.2, -0.15) is 10.2 Å². The van der Waals surface area contributed by atoms with Gasteiger partial charge in [0.2, 0.25) is 5.88 Å². The highest BCUT2D eigenvalue weighted by Gasteiger charge is 2.15. The number of hydrogen-bond donors (Lipinski definition) is 1. The Labute approximate surface area is 134 Å². The summed E-state index contributed by atoms with van der Waals surface area (Å²) in [7, 11) is 3.11. The minimum absolute atomic E-state index is 0.362. The van der Waals surface area contributed by atoms with Crippen LogP contribution in [0.4, 0.5) is 5.00 Å². The van der Waals surface area contributed by atoms with E-state index in [4.69, 9.17) is 14.2 Å². The molecule has 0 saturated heterocycles. The molecule has 22 heavy (non-hydrogen) atoms. The quantitative estimate of drug-likeness (QED) is 0.326. The molecule has 0 amide bonds. The predicted octanol–water partition coefficient (Wildman–Crippen LogP) is 3.18. The zero-order valence-electron chi connectivity index (χ0n) is 12.9. The van der Waals surface area contributed by atoms with Crippen LogP contribution < -0.4 is 10.1 Å². The number of aromatic nitrogens is 1. The average Bonchev–Trinajstić information content (AvgIpc) is 2.91. The lowest BCUT2D eigenvalue weighted by atomic mass is 10.3. The van der Waals surface area contributed by atoms with Gasteiger partial charge in [0, 0.05) is 7.11 Å². The number of nitrogens with zero attached hydrogens (tertiary/aromatic N) is 2. The Balaban J connectivity index is 2.88. The lowest BCUT2D eigenvalue weighted by molar-refractivity contribution is 0.112. The molecule has 0 saturated carbocycles. The van der Waals surface area contributed by atoms with Crippen molar-refractivity contribution in [1.82, 2.24) is 4.98 Å². The molecule has 0 bridgehead atoms. The van der Waals surface area contributed by atoms with Crippen LogP contribution >= 0.6 is 11.3 Å². The highest BCUT2D eigenvalue weighted by molar-refractivity contribution is 7.17. The maximum absolute atomic E-state index is 9.20. The molecule has 6 nitrogen and oxygen atoms in total. The minimum Gasteiger partial charge on any atom is -0.479 e. The fourth-order valence-corrected chi connectivity index (χ4v) is 2.33. The van der Waals surface area contributed by atoms with Crippen LogP contribution in [0.2, 0.25) is 0 Å². The van der Waals surface area contributed by atoms with Gasteiger partial charge in [-0.25, -0.2) is 0 Å². The zero-order valence-corrected chi connectivity index (χ0v) is 13.7. The third-order valence-electron chi connectivity index (χ3n) is 2.41. The molecule has 0 spiro atoms. The number of thiazole rings is 1. The number of hydrogen-bond acceptors (Lipinski definition) is 7. The molecule has 0 radical (unpaired) electrons. The number of ether oxygens (including phenoxy) is 3. The molecule has 1 heterocycles. The van der Waals surface area contributed by atoms with Gasteiger partial charge >= 0.3 is 0 Å². The van der Waals surface area contributed by atoms with E-state index in [0.29, 0.717) is 40.6 Å². The van der Waals surface area contributed by atoms with Gasteiger partial charge in [-0.05, 0) is 19.6 Å². The Bertz CT molecular complexity index is 600. The molecule has 0 atom stereocenters. The maximum atomic E-state index is 9.20. The molecular formula is C15H19N3O3S. The van der Waals surface area contributed by atoms with Crippen LogP contribution in [0, 0.1) is 11.3 Å². The largest absolute Gasteiger partial charge is 0.479 e. The maximum Gasteiger partial charge on any atom is 0.249 e. The molecule has 118 valence electrons. The second-order valence-electron chi connectivity index (χ2n) is 3.96. The second-order valence-corrected chi connectivity index (χ2v) is 4.96. The van der Waals surface area contributed by atoms with Crippen molar-refractivity contribution in [3.05, 3.63) is 35.7 Å². The summed E-state index contributed by atoms with van der Waals surface area (Å²) in [6, 6.07) is 2.12. The van der Waals surface area contributed by atoms with E-state index in [1.807, 2.05) is 13.0 Å². The number of nitrogens with one attached hydrogen (secondary N) is 1. The van der Waals surface area contributed by atoms with E-state index in [-0.39, 0.29) is 0 Å². The molecule has 0 unspecified atom stereocenters. The molecular weight excluding hydrogens is 302 g/mol. The van der Waals surface area contributed by atoms with E-state index < -0.39 is 0 Å². The van der Waals surface area contributed by atoms with E-state index in [9.17, 15) is 5.26 Å². The van der Waals surface area contributed by atoms with Crippen LogP contribution in [-0.4, -0.2) is 32.4 Å². The summed E-state index contributed by atoms with van der Waals surface area (Å²) in [5, 5.41) is 13.4. The van der Waals surface area contributed by atoms with Gasteiger partial charge < -0.3 is 19.5 Å². The Morgan fingerprint density at radius 1 is 1.45 bits per heavy atom. The second kappa shape index (κ2) is 9.60. The van der Waals surface area contributed by atoms with Crippen LogP contribution in [0.5, 0.6) is 5.88 Å². The Morgan fingerprint density at radius 3 is 2.82 bits per heavy atom. The van der Waals surface area contributed by atoms with Crippen LogP contribution in [0.3, 0.4) is 0 Å². The average molecular weight is 321 g/mol. The van der Waals surface area contributed by atoms with Crippen molar-refractivity contribution in [3.63, 3.8) is 0 Å². The molecule has 7 heteroatoms. The first kappa shape index (κ1) is 17.8. The van der Waals surface area contributed by atoms with Crippen molar-refractivity contribution < 1.29 is 14.2 Å². The standard InChI is InChI=1S/C15H19N3O3S/c1-5-6-7-12(10-16)14-18-13(20-4)15(22-14)17-11(2)21-9-8-19-3/h5-7,17H,2,8-9H2,1,3-4H3/b6-5-,12-7+. The summed E-state index contributed by atoms with van der Waals surface area (Å²) >= 11 is 1.29. The van der Waals surface area contributed by atoms with Gasteiger partial charge in [-0.15, -0.1) is 0 Å². The van der Waals surface area contributed by atoms with E-state index >= 15 is 0 Å². The van der Waals surface area contributed by atoms with Crippen molar-refractivity contribution in [3.8, 4) is 11.9 Å². The highest BCUT2D eigenvalue weighted by Crippen LogP contribution is 2.35. The van der Waals surface area contributed by atoms with Crippen molar-refractivity contribution in [2.45, 2.75) is 6.92 Å². The van der Waals surface area contributed by atoms with E-state index in [1.165, 1.54) is 18.4 Å². The third kappa shape index (κ3) is 5.24.